The standard InChI is InChI=1S/C19H31ClN2/c1-14(2)13-22(9-7-8-17(5)21-6)19-12-18(20)11-15(3)10-16(19)4/h10-11,14,16-17,19,21H,9,12-13H2,1-6H3/t16?,17-,19?/m0/s1. The molecule has 0 saturated carbocycles. The van der Waals surface area contributed by atoms with Crippen LogP contribution < -0.4 is 5.32 Å². The third kappa shape index (κ3) is 6.57. The Balaban J connectivity index is 2.89. The van der Waals surface area contributed by atoms with Crippen molar-refractivity contribution in [3.8, 4) is 11.8 Å². The van der Waals surface area contributed by atoms with Crippen LogP contribution >= 0.6 is 11.6 Å². The molecule has 0 aromatic rings. The van der Waals surface area contributed by atoms with Gasteiger partial charge in [-0.15, -0.1) is 0 Å². The lowest BCUT2D eigenvalue weighted by atomic mass is 9.96. The van der Waals surface area contributed by atoms with Crippen LogP contribution in [0, 0.1) is 23.7 Å². The quantitative estimate of drug-likeness (QED) is 0.769. The maximum Gasteiger partial charge on any atom is 0.0659 e. The molecule has 0 spiro atoms. The minimum atomic E-state index is 0.234. The summed E-state index contributed by atoms with van der Waals surface area (Å²) in [5.74, 6) is 7.69. The third-order valence-corrected chi connectivity index (χ3v) is 4.29. The molecule has 1 aliphatic rings. The van der Waals surface area contributed by atoms with Crippen LogP contribution in [0.3, 0.4) is 0 Å². The van der Waals surface area contributed by atoms with E-state index >= 15 is 0 Å². The number of nitrogens with zero attached hydrogens (tertiary/aromatic N) is 1. The van der Waals surface area contributed by atoms with Gasteiger partial charge in [0, 0.05) is 17.6 Å². The Labute approximate surface area is 142 Å². The van der Waals surface area contributed by atoms with Crippen molar-refractivity contribution in [2.75, 3.05) is 20.1 Å². The van der Waals surface area contributed by atoms with Gasteiger partial charge in [-0.1, -0.05) is 55.9 Å². The summed E-state index contributed by atoms with van der Waals surface area (Å²) in [6, 6.07) is 0.654. The summed E-state index contributed by atoms with van der Waals surface area (Å²) < 4.78 is 0. The number of rotatable bonds is 5. The lowest BCUT2D eigenvalue weighted by Gasteiger charge is -2.34. The SMILES string of the molecule is CN[C@@H](C)C#CCN(CC(C)C)C1CC(Cl)=CC(C)=CC1C. The second-order valence-corrected chi connectivity index (χ2v) is 7.27. The third-order valence-electron chi connectivity index (χ3n) is 4.02. The van der Waals surface area contributed by atoms with E-state index in [4.69, 9.17) is 11.6 Å². The van der Waals surface area contributed by atoms with Crippen LogP contribution in [-0.2, 0) is 0 Å². The fourth-order valence-electron chi connectivity index (χ4n) is 2.89. The van der Waals surface area contributed by atoms with Crippen LogP contribution in [0.15, 0.2) is 22.8 Å². The maximum absolute atomic E-state index is 6.41. The summed E-state index contributed by atoms with van der Waals surface area (Å²) in [6.07, 6.45) is 5.34. The van der Waals surface area contributed by atoms with Crippen molar-refractivity contribution in [3.05, 3.63) is 22.8 Å². The van der Waals surface area contributed by atoms with Crippen molar-refractivity contribution in [1.29, 1.82) is 0 Å². The molecule has 124 valence electrons. The first-order valence-corrected chi connectivity index (χ1v) is 8.65. The van der Waals surface area contributed by atoms with Crippen molar-refractivity contribution in [2.24, 2.45) is 11.8 Å². The summed E-state index contributed by atoms with van der Waals surface area (Å²) in [5, 5.41) is 4.11. The molecule has 0 radical (unpaired) electrons. The van der Waals surface area contributed by atoms with Gasteiger partial charge in [0.2, 0.25) is 0 Å². The predicted molar refractivity (Wildman–Crippen MR) is 98.0 cm³/mol. The fraction of sp³-hybridized carbons (Fsp3) is 0.684. The highest BCUT2D eigenvalue weighted by Gasteiger charge is 2.25. The Morgan fingerprint density at radius 3 is 2.68 bits per heavy atom. The molecular formula is C19H31ClN2. The highest BCUT2D eigenvalue weighted by Crippen LogP contribution is 2.28. The topological polar surface area (TPSA) is 15.3 Å². The van der Waals surface area contributed by atoms with Gasteiger partial charge >= 0.3 is 0 Å². The Kier molecular flexibility index (Phi) is 8.25. The van der Waals surface area contributed by atoms with E-state index in [1.807, 2.05) is 7.05 Å². The monoisotopic (exact) mass is 322 g/mol. The summed E-state index contributed by atoms with van der Waals surface area (Å²) in [4.78, 5) is 2.50. The Morgan fingerprint density at radius 1 is 1.41 bits per heavy atom. The second-order valence-electron chi connectivity index (χ2n) is 6.79. The lowest BCUT2D eigenvalue weighted by molar-refractivity contribution is 0.167. The molecule has 3 heteroatoms. The zero-order valence-corrected chi connectivity index (χ0v) is 15.7. The highest BCUT2D eigenvalue weighted by atomic mass is 35.5. The molecular weight excluding hydrogens is 292 g/mol. The number of nitrogens with one attached hydrogen (secondary N) is 1. The van der Waals surface area contributed by atoms with E-state index < -0.39 is 0 Å². The second kappa shape index (κ2) is 9.40. The molecule has 1 aliphatic carbocycles. The predicted octanol–water partition coefficient (Wildman–Crippen LogP) is 4.03. The van der Waals surface area contributed by atoms with Gasteiger partial charge in [-0.25, -0.2) is 0 Å². The van der Waals surface area contributed by atoms with Gasteiger partial charge in [0.1, 0.15) is 0 Å². The van der Waals surface area contributed by atoms with Crippen LogP contribution in [0.25, 0.3) is 0 Å². The molecule has 0 fully saturated rings. The van der Waals surface area contributed by atoms with E-state index in [0.717, 1.165) is 24.5 Å². The number of allylic oxidation sites excluding steroid dienone is 2. The van der Waals surface area contributed by atoms with Crippen molar-refractivity contribution in [1.82, 2.24) is 10.2 Å². The van der Waals surface area contributed by atoms with E-state index in [2.05, 4.69) is 68.8 Å². The minimum Gasteiger partial charge on any atom is -0.307 e. The Hall–Kier alpha value is -0.750. The van der Waals surface area contributed by atoms with E-state index in [1.165, 1.54) is 5.57 Å². The summed E-state index contributed by atoms with van der Waals surface area (Å²) in [5.41, 5.74) is 1.26. The average Bonchev–Trinajstić information content (AvgIpc) is 2.54. The maximum atomic E-state index is 6.41. The molecule has 2 nitrogen and oxygen atoms in total. The summed E-state index contributed by atoms with van der Waals surface area (Å²) in [6.45, 7) is 12.9. The Morgan fingerprint density at radius 2 is 2.09 bits per heavy atom. The van der Waals surface area contributed by atoms with Gasteiger partial charge in [-0.05, 0) is 45.2 Å². The van der Waals surface area contributed by atoms with Gasteiger partial charge < -0.3 is 5.32 Å². The van der Waals surface area contributed by atoms with Crippen LogP contribution in [0.1, 0.15) is 41.0 Å². The molecule has 0 heterocycles. The lowest BCUT2D eigenvalue weighted by Crippen LogP contribution is -2.41. The molecule has 0 saturated heterocycles. The molecule has 1 N–H and O–H groups in total. The van der Waals surface area contributed by atoms with Gasteiger partial charge in [-0.3, -0.25) is 4.90 Å². The van der Waals surface area contributed by atoms with E-state index in [0.29, 0.717) is 17.9 Å². The van der Waals surface area contributed by atoms with Crippen molar-refractivity contribution < 1.29 is 0 Å². The van der Waals surface area contributed by atoms with Gasteiger partial charge in [0.15, 0.2) is 0 Å². The van der Waals surface area contributed by atoms with E-state index in [-0.39, 0.29) is 6.04 Å². The first-order valence-electron chi connectivity index (χ1n) is 8.27. The number of halogens is 1. The first kappa shape index (κ1) is 19.3. The van der Waals surface area contributed by atoms with Gasteiger partial charge in [0.05, 0.1) is 12.6 Å². The zero-order chi connectivity index (χ0) is 16.7. The van der Waals surface area contributed by atoms with Crippen LogP contribution in [0.2, 0.25) is 0 Å². The molecule has 3 atom stereocenters. The summed E-state index contributed by atoms with van der Waals surface area (Å²) >= 11 is 6.41. The molecule has 0 aromatic heterocycles. The van der Waals surface area contributed by atoms with E-state index in [1.54, 1.807) is 0 Å². The smallest absolute Gasteiger partial charge is 0.0659 e. The van der Waals surface area contributed by atoms with Crippen LogP contribution in [0.4, 0.5) is 0 Å². The van der Waals surface area contributed by atoms with E-state index in [9.17, 15) is 0 Å². The zero-order valence-electron chi connectivity index (χ0n) is 14.9. The van der Waals surface area contributed by atoms with Gasteiger partial charge in [-0.2, -0.15) is 0 Å². The van der Waals surface area contributed by atoms with Crippen molar-refractivity contribution in [3.63, 3.8) is 0 Å². The first-order chi connectivity index (χ1) is 10.3. The Bertz CT molecular complexity index is 468. The van der Waals surface area contributed by atoms with Crippen LogP contribution in [-0.4, -0.2) is 37.1 Å². The number of hydrogen-bond donors (Lipinski definition) is 1. The molecule has 0 aliphatic heterocycles. The van der Waals surface area contributed by atoms with Crippen molar-refractivity contribution >= 4 is 11.6 Å². The molecule has 0 amide bonds. The highest BCUT2D eigenvalue weighted by molar-refractivity contribution is 6.29. The minimum absolute atomic E-state index is 0.234. The summed E-state index contributed by atoms with van der Waals surface area (Å²) in [7, 11) is 1.94. The molecule has 0 aromatic carbocycles. The molecule has 0 bridgehead atoms. The largest absolute Gasteiger partial charge is 0.307 e. The number of hydrogen-bond acceptors (Lipinski definition) is 2. The van der Waals surface area contributed by atoms with Crippen LogP contribution in [0.5, 0.6) is 0 Å². The normalized spacial score (nSPS) is 23.5. The molecule has 22 heavy (non-hydrogen) atoms. The van der Waals surface area contributed by atoms with Gasteiger partial charge in [0.25, 0.3) is 0 Å². The van der Waals surface area contributed by atoms with Crippen molar-refractivity contribution in [2.45, 2.75) is 53.1 Å². The average molecular weight is 323 g/mol. The molecule has 1 rings (SSSR count). The fourth-order valence-corrected chi connectivity index (χ4v) is 3.22. The molecule has 2 unspecified atom stereocenters.